The van der Waals surface area contributed by atoms with Crippen molar-refractivity contribution in [3.05, 3.63) is 76.0 Å². The maximum absolute atomic E-state index is 5.72. The molecule has 0 unspecified atom stereocenters. The topological polar surface area (TPSA) is 92.0 Å². The van der Waals surface area contributed by atoms with Gasteiger partial charge in [-0.25, -0.2) is 18.3 Å². The maximum atomic E-state index is 5.72. The molecule has 1 aliphatic rings. The molecule has 5 rings (SSSR count). The Morgan fingerprint density at radius 2 is 1.00 bits per heavy atom. The van der Waals surface area contributed by atoms with E-state index in [0.29, 0.717) is 22.9 Å². The second kappa shape index (κ2) is 16.5. The van der Waals surface area contributed by atoms with Gasteiger partial charge in [0.1, 0.15) is 22.9 Å². The van der Waals surface area contributed by atoms with Crippen molar-refractivity contribution in [2.45, 2.75) is 53.9 Å². The lowest BCUT2D eigenvalue weighted by atomic mass is 10.2. The van der Waals surface area contributed by atoms with E-state index in [0.717, 1.165) is 75.6 Å². The molecule has 0 saturated carbocycles. The number of aromatic nitrogens is 4. The van der Waals surface area contributed by atoms with Crippen LogP contribution in [0.1, 0.15) is 27.7 Å². The number of ether oxygens (including phenoxy) is 2. The number of hydrogen-bond acceptors (Lipinski definition) is 8. The van der Waals surface area contributed by atoms with Crippen LogP contribution in [0.15, 0.2) is 81.6 Å². The first-order valence-corrected chi connectivity index (χ1v) is 15.4. The molecule has 12 heteroatoms. The Balaban J connectivity index is 0.00000288. The van der Waals surface area contributed by atoms with E-state index >= 15 is 0 Å². The minimum atomic E-state index is 0. The van der Waals surface area contributed by atoms with Crippen LogP contribution >= 0.6 is 0 Å². The molecule has 0 amide bonds. The fraction of sp³-hybridized carbons (Fsp3) is 0.412. The molecular weight excluding hydrogens is 580 g/mol. The van der Waals surface area contributed by atoms with E-state index in [1.54, 1.807) is 14.2 Å². The molecule has 2 aromatic carbocycles. The second-order valence-electron chi connectivity index (χ2n) is 10.4. The van der Waals surface area contributed by atoms with Gasteiger partial charge >= 0.3 is 11.9 Å². The average molecular weight is 631 g/mol. The van der Waals surface area contributed by atoms with E-state index in [9.17, 15) is 0 Å². The van der Waals surface area contributed by atoms with Crippen molar-refractivity contribution in [2.75, 3.05) is 50.2 Å². The number of hydrogen-bond donors (Lipinski definition) is 0. The van der Waals surface area contributed by atoms with Gasteiger partial charge in [-0.3, -0.25) is 0 Å². The van der Waals surface area contributed by atoms with Crippen LogP contribution in [0.4, 0.5) is 34.6 Å². The molecule has 0 radical (unpaired) electrons. The summed E-state index contributed by atoms with van der Waals surface area (Å²) in [6.45, 7) is 15.2. The largest absolute Gasteiger partial charge is 0.494 e. The van der Waals surface area contributed by atoms with Gasteiger partial charge in [0.05, 0.1) is 65.2 Å². The van der Waals surface area contributed by atoms with Crippen molar-refractivity contribution in [1.29, 1.82) is 0 Å². The Hall–Kier alpha value is -4.74. The van der Waals surface area contributed by atoms with Crippen LogP contribution in [0.25, 0.3) is 0 Å². The standard InChI is InChI=1S/C32H44N10O2.2CH3/c1-7-37-15-16-38(8-2)31(37)35-33-27-13-11-25(23-29(27)43-5)41-19-21-42(22-20-41)26-12-14-28(30(24-26)44-6)34-36-32-39(9-3)17-18-40(32)10-4;;/h11-18,23-24H,7-10,19-22H2,1-6H3;2*1H3/q+2;2*-1. The lowest BCUT2D eigenvalue weighted by molar-refractivity contribution is -0.680. The smallest absolute Gasteiger partial charge is 0.421 e. The first-order valence-electron chi connectivity index (χ1n) is 15.4. The Morgan fingerprint density at radius 3 is 1.33 bits per heavy atom. The van der Waals surface area contributed by atoms with Crippen molar-refractivity contribution in [1.82, 2.24) is 9.13 Å². The molecule has 248 valence electrons. The number of azo groups is 2. The second-order valence-corrected chi connectivity index (χ2v) is 10.4. The number of aryl methyl sites for hydroxylation is 4. The van der Waals surface area contributed by atoms with Gasteiger partial charge in [-0.15, -0.1) is 0 Å². The number of imidazole rings is 2. The van der Waals surface area contributed by atoms with Crippen molar-refractivity contribution in [3.63, 3.8) is 0 Å². The van der Waals surface area contributed by atoms with Crippen LogP contribution in [0, 0.1) is 14.9 Å². The van der Waals surface area contributed by atoms with Gasteiger partial charge in [0.25, 0.3) is 0 Å². The third-order valence-corrected chi connectivity index (χ3v) is 8.07. The number of benzene rings is 2. The SMILES string of the molecule is CCn1cc[n+](CC)c1N=Nc1ccc(N2CCN(c3ccc(N=Nc4n(CC)cc[n+]4CC)c(OC)c3)CC2)cc1OC.[CH3-].[CH3-]. The molecule has 0 bridgehead atoms. The maximum Gasteiger partial charge on any atom is 0.421 e. The van der Waals surface area contributed by atoms with Crippen LogP contribution in [0.3, 0.4) is 0 Å². The third kappa shape index (κ3) is 7.55. The predicted octanol–water partition coefficient (Wildman–Crippen LogP) is 7.02. The van der Waals surface area contributed by atoms with Gasteiger partial charge in [0.2, 0.25) is 0 Å². The summed E-state index contributed by atoms with van der Waals surface area (Å²) in [5.74, 6) is 3.05. The Labute approximate surface area is 274 Å². The van der Waals surface area contributed by atoms with Gasteiger partial charge in [-0.2, -0.15) is 0 Å². The van der Waals surface area contributed by atoms with Crippen LogP contribution in [-0.2, 0) is 26.2 Å². The van der Waals surface area contributed by atoms with Gasteiger partial charge < -0.3 is 34.1 Å². The van der Waals surface area contributed by atoms with Gasteiger partial charge in [0.15, 0.2) is 0 Å². The summed E-state index contributed by atoms with van der Waals surface area (Å²) in [5, 5.41) is 18.2. The lowest BCUT2D eigenvalue weighted by Crippen LogP contribution is -2.46. The molecular formula is C34H50N10O2. The average Bonchev–Trinajstić information content (AvgIpc) is 3.68. The first kappa shape index (κ1) is 35.7. The molecule has 3 heterocycles. The number of nitrogens with zero attached hydrogens (tertiary/aromatic N) is 10. The van der Waals surface area contributed by atoms with Crippen LogP contribution in [0.2, 0.25) is 0 Å². The number of anilines is 2. The first-order chi connectivity index (χ1) is 21.5. The van der Waals surface area contributed by atoms with Gasteiger partial charge in [0, 0.05) is 59.9 Å². The van der Waals surface area contributed by atoms with Crippen LogP contribution in [-0.4, -0.2) is 49.5 Å². The monoisotopic (exact) mass is 630 g/mol. The highest BCUT2D eigenvalue weighted by molar-refractivity contribution is 5.64. The van der Waals surface area contributed by atoms with E-state index in [-0.39, 0.29) is 14.9 Å². The molecule has 2 aromatic heterocycles. The van der Waals surface area contributed by atoms with Crippen molar-refractivity contribution in [3.8, 4) is 11.5 Å². The molecule has 1 fully saturated rings. The molecule has 0 atom stereocenters. The molecule has 12 nitrogen and oxygen atoms in total. The van der Waals surface area contributed by atoms with E-state index in [1.807, 2.05) is 36.9 Å². The fourth-order valence-electron chi connectivity index (χ4n) is 5.45. The summed E-state index contributed by atoms with van der Waals surface area (Å²) in [5.41, 5.74) is 3.63. The number of rotatable bonds is 12. The minimum Gasteiger partial charge on any atom is -0.494 e. The number of methoxy groups -OCH3 is 2. The summed E-state index contributed by atoms with van der Waals surface area (Å²) in [4.78, 5) is 4.75. The zero-order valence-corrected chi connectivity index (χ0v) is 28.7. The Kier molecular flexibility index (Phi) is 12.8. The molecule has 1 aliphatic heterocycles. The predicted molar refractivity (Wildman–Crippen MR) is 184 cm³/mol. The summed E-state index contributed by atoms with van der Waals surface area (Å²) in [7, 11) is 3.35. The third-order valence-electron chi connectivity index (χ3n) is 8.07. The fourth-order valence-corrected chi connectivity index (χ4v) is 5.45. The molecule has 0 N–H and O–H groups in total. The highest BCUT2D eigenvalue weighted by atomic mass is 16.5. The van der Waals surface area contributed by atoms with Gasteiger partial charge in [-0.05, 0) is 52.0 Å². The van der Waals surface area contributed by atoms with Gasteiger partial charge in [-0.1, -0.05) is 10.2 Å². The summed E-state index contributed by atoms with van der Waals surface area (Å²) in [6.07, 6.45) is 8.12. The zero-order chi connectivity index (χ0) is 31.1. The van der Waals surface area contributed by atoms with Crippen LogP contribution < -0.4 is 28.4 Å². The van der Waals surface area contributed by atoms with E-state index in [1.165, 1.54) is 0 Å². The molecule has 4 aromatic rings. The summed E-state index contributed by atoms with van der Waals surface area (Å²) >= 11 is 0. The molecule has 1 saturated heterocycles. The Morgan fingerprint density at radius 1 is 0.609 bits per heavy atom. The highest BCUT2D eigenvalue weighted by Gasteiger charge is 2.21. The van der Waals surface area contributed by atoms with Crippen molar-refractivity contribution < 1.29 is 18.6 Å². The highest BCUT2D eigenvalue weighted by Crippen LogP contribution is 2.35. The van der Waals surface area contributed by atoms with Crippen molar-refractivity contribution >= 4 is 34.6 Å². The quantitative estimate of drug-likeness (QED) is 0.0956. The molecule has 0 spiro atoms. The Bertz CT molecular complexity index is 1450. The number of piperazine rings is 1. The zero-order valence-electron chi connectivity index (χ0n) is 28.7. The minimum absolute atomic E-state index is 0. The normalized spacial score (nSPS) is 13.3. The van der Waals surface area contributed by atoms with Crippen molar-refractivity contribution in [2.24, 2.45) is 20.5 Å². The summed E-state index contributed by atoms with van der Waals surface area (Å²) < 4.78 is 19.7. The molecule has 0 aliphatic carbocycles. The van der Waals surface area contributed by atoms with E-state index in [2.05, 4.69) is 100 Å². The summed E-state index contributed by atoms with van der Waals surface area (Å²) in [6, 6.07) is 12.3. The molecule has 46 heavy (non-hydrogen) atoms. The van der Waals surface area contributed by atoms with E-state index < -0.39 is 0 Å². The van der Waals surface area contributed by atoms with Crippen LogP contribution in [0.5, 0.6) is 11.5 Å². The van der Waals surface area contributed by atoms with E-state index in [4.69, 9.17) is 9.47 Å². The lowest BCUT2D eigenvalue weighted by Gasteiger charge is -2.37.